The molecule has 0 aliphatic carbocycles. The lowest BCUT2D eigenvalue weighted by molar-refractivity contribution is -0.135. The quantitative estimate of drug-likeness (QED) is 0.460. The van der Waals surface area contributed by atoms with Crippen LogP contribution in [-0.4, -0.2) is 37.5 Å². The van der Waals surface area contributed by atoms with Crippen molar-refractivity contribution in [1.29, 1.82) is 0 Å². The molecule has 0 bridgehead atoms. The summed E-state index contributed by atoms with van der Waals surface area (Å²) in [6.07, 6.45) is 0. The normalized spacial score (nSPS) is 11.3. The Hall–Kier alpha value is -3.80. The molecule has 1 amide bonds. The van der Waals surface area contributed by atoms with Crippen molar-refractivity contribution in [3.63, 3.8) is 0 Å². The van der Waals surface area contributed by atoms with E-state index < -0.39 is 5.97 Å². The molecule has 32 heavy (non-hydrogen) atoms. The van der Waals surface area contributed by atoms with E-state index in [0.29, 0.717) is 18.1 Å². The smallest absolute Gasteiger partial charge is 0.338 e. The molecule has 0 aromatic heterocycles. The van der Waals surface area contributed by atoms with Crippen LogP contribution in [0.3, 0.4) is 0 Å². The molecule has 0 spiro atoms. The van der Waals surface area contributed by atoms with Gasteiger partial charge in [-0.15, -0.1) is 0 Å². The van der Waals surface area contributed by atoms with Crippen molar-refractivity contribution in [2.45, 2.75) is 19.6 Å². The van der Waals surface area contributed by atoms with Crippen molar-refractivity contribution in [1.82, 2.24) is 4.90 Å². The van der Waals surface area contributed by atoms with Gasteiger partial charge in [-0.25, -0.2) is 4.79 Å². The second kappa shape index (κ2) is 11.0. The highest BCUT2D eigenvalue weighted by Gasteiger charge is 2.20. The van der Waals surface area contributed by atoms with Crippen molar-refractivity contribution in [3.05, 3.63) is 95.6 Å². The Morgan fingerprint density at radius 3 is 2.22 bits per heavy atom. The van der Waals surface area contributed by atoms with Gasteiger partial charge in [0.25, 0.3) is 5.91 Å². The molecule has 3 rings (SSSR count). The summed E-state index contributed by atoms with van der Waals surface area (Å²) in [6.45, 7) is 1.95. The molecule has 6 nitrogen and oxygen atoms in total. The van der Waals surface area contributed by atoms with Crippen LogP contribution in [0.2, 0.25) is 0 Å². The maximum absolute atomic E-state index is 12.5. The lowest BCUT2D eigenvalue weighted by Crippen LogP contribution is -2.33. The Kier molecular flexibility index (Phi) is 7.86. The third kappa shape index (κ3) is 5.88. The van der Waals surface area contributed by atoms with Gasteiger partial charge in [0.05, 0.1) is 18.7 Å². The molecule has 0 N–H and O–H groups in total. The van der Waals surface area contributed by atoms with Crippen LogP contribution in [0, 0.1) is 0 Å². The molecule has 6 heteroatoms. The van der Waals surface area contributed by atoms with Gasteiger partial charge < -0.3 is 19.1 Å². The fourth-order valence-corrected chi connectivity index (χ4v) is 3.13. The van der Waals surface area contributed by atoms with Crippen molar-refractivity contribution in [2.24, 2.45) is 0 Å². The van der Waals surface area contributed by atoms with E-state index >= 15 is 0 Å². The first-order valence-electron chi connectivity index (χ1n) is 10.3. The Morgan fingerprint density at radius 1 is 0.906 bits per heavy atom. The van der Waals surface area contributed by atoms with Crippen LogP contribution >= 0.6 is 0 Å². The molecule has 1 unspecified atom stereocenters. The Bertz CT molecular complexity index is 1040. The highest BCUT2D eigenvalue weighted by molar-refractivity contribution is 5.92. The Morgan fingerprint density at radius 2 is 1.56 bits per heavy atom. The second-order valence-corrected chi connectivity index (χ2v) is 7.31. The summed E-state index contributed by atoms with van der Waals surface area (Å²) >= 11 is 0. The third-order valence-electron chi connectivity index (χ3n) is 5.22. The minimum atomic E-state index is -0.605. The van der Waals surface area contributed by atoms with Crippen LogP contribution in [0.4, 0.5) is 0 Å². The highest BCUT2D eigenvalue weighted by Crippen LogP contribution is 2.29. The number of hydrogen-bond acceptors (Lipinski definition) is 5. The zero-order valence-electron chi connectivity index (χ0n) is 18.5. The van der Waals surface area contributed by atoms with Crippen LogP contribution in [0.5, 0.6) is 11.5 Å². The SMILES string of the molecule is COc1cc(C(=O)OCC(=O)N(C)C(C)c2ccccc2)ccc1OCc1ccccc1. The molecule has 3 aromatic rings. The van der Waals surface area contributed by atoms with Gasteiger partial charge in [-0.3, -0.25) is 4.79 Å². The van der Waals surface area contributed by atoms with Crippen LogP contribution in [0.15, 0.2) is 78.9 Å². The predicted octanol–water partition coefficient (Wildman–Crippen LogP) is 4.65. The molecule has 0 heterocycles. The topological polar surface area (TPSA) is 65.1 Å². The molecule has 0 radical (unpaired) electrons. The van der Waals surface area contributed by atoms with Crippen LogP contribution in [0.25, 0.3) is 0 Å². The summed E-state index contributed by atoms with van der Waals surface area (Å²) < 4.78 is 16.4. The lowest BCUT2D eigenvalue weighted by Gasteiger charge is -2.25. The Labute approximate surface area is 188 Å². The van der Waals surface area contributed by atoms with E-state index in [0.717, 1.165) is 11.1 Å². The molecular formula is C26H27NO5. The Balaban J connectivity index is 1.58. The zero-order valence-corrected chi connectivity index (χ0v) is 18.5. The van der Waals surface area contributed by atoms with Crippen molar-refractivity contribution in [2.75, 3.05) is 20.8 Å². The standard InChI is InChI=1S/C26H27NO5/c1-19(21-12-8-5-9-13-21)27(2)25(28)18-32-26(29)22-14-15-23(24(16-22)30-3)31-17-20-10-6-4-7-11-20/h4-16,19H,17-18H2,1-3H3. The zero-order chi connectivity index (χ0) is 22.9. The number of benzene rings is 3. The monoisotopic (exact) mass is 433 g/mol. The van der Waals surface area contributed by atoms with E-state index in [1.807, 2.05) is 67.6 Å². The summed E-state index contributed by atoms with van der Waals surface area (Å²) in [6, 6.07) is 24.1. The number of esters is 1. The van der Waals surface area contributed by atoms with Gasteiger partial charge in [-0.2, -0.15) is 0 Å². The predicted molar refractivity (Wildman–Crippen MR) is 122 cm³/mol. The van der Waals surface area contributed by atoms with Gasteiger partial charge in [-0.1, -0.05) is 60.7 Å². The van der Waals surface area contributed by atoms with Crippen LogP contribution in [-0.2, 0) is 16.1 Å². The van der Waals surface area contributed by atoms with Gasteiger partial charge in [0, 0.05) is 7.05 Å². The number of amides is 1. The number of hydrogen-bond donors (Lipinski definition) is 0. The number of rotatable bonds is 9. The minimum absolute atomic E-state index is 0.136. The average Bonchev–Trinajstić information content (AvgIpc) is 2.85. The second-order valence-electron chi connectivity index (χ2n) is 7.31. The molecule has 166 valence electrons. The molecule has 1 atom stereocenters. The first-order valence-corrected chi connectivity index (χ1v) is 10.3. The van der Waals surface area contributed by atoms with Gasteiger partial charge in [0.1, 0.15) is 6.61 Å². The van der Waals surface area contributed by atoms with Gasteiger partial charge in [-0.05, 0) is 36.2 Å². The molecule has 3 aromatic carbocycles. The average molecular weight is 434 g/mol. The number of likely N-dealkylation sites (N-methyl/N-ethyl adjacent to an activating group) is 1. The maximum atomic E-state index is 12.5. The first kappa shape index (κ1) is 22.9. The number of nitrogens with zero attached hydrogens (tertiary/aromatic N) is 1. The summed E-state index contributed by atoms with van der Waals surface area (Å²) in [7, 11) is 3.19. The van der Waals surface area contributed by atoms with Crippen molar-refractivity contribution in [3.8, 4) is 11.5 Å². The van der Waals surface area contributed by atoms with Crippen molar-refractivity contribution >= 4 is 11.9 Å². The van der Waals surface area contributed by atoms with E-state index in [9.17, 15) is 9.59 Å². The van der Waals surface area contributed by atoms with E-state index in [4.69, 9.17) is 14.2 Å². The molecule has 0 aliphatic rings. The fourth-order valence-electron chi connectivity index (χ4n) is 3.13. The van der Waals surface area contributed by atoms with E-state index in [1.165, 1.54) is 7.11 Å². The number of ether oxygens (including phenoxy) is 3. The fraction of sp³-hybridized carbons (Fsp3) is 0.231. The molecule has 0 saturated heterocycles. The molecule has 0 saturated carbocycles. The summed E-state index contributed by atoms with van der Waals surface area (Å²) in [5, 5.41) is 0. The van der Waals surface area contributed by atoms with Crippen LogP contribution in [0.1, 0.15) is 34.5 Å². The number of methoxy groups -OCH3 is 1. The van der Waals surface area contributed by atoms with Crippen molar-refractivity contribution < 1.29 is 23.8 Å². The minimum Gasteiger partial charge on any atom is -0.493 e. The third-order valence-corrected chi connectivity index (χ3v) is 5.22. The first-order chi connectivity index (χ1) is 15.5. The lowest BCUT2D eigenvalue weighted by atomic mass is 10.1. The summed E-state index contributed by atoms with van der Waals surface area (Å²) in [4.78, 5) is 26.5. The molecular weight excluding hydrogens is 406 g/mol. The summed E-state index contributed by atoms with van der Waals surface area (Å²) in [5.41, 5.74) is 2.30. The maximum Gasteiger partial charge on any atom is 0.338 e. The molecule has 0 aliphatic heterocycles. The highest BCUT2D eigenvalue weighted by atomic mass is 16.5. The summed E-state index contributed by atoms with van der Waals surface area (Å²) in [5.74, 6) is 0.0356. The van der Waals surface area contributed by atoms with Gasteiger partial charge in [0.15, 0.2) is 18.1 Å². The number of carbonyl (C=O) groups excluding carboxylic acids is 2. The van der Waals surface area contributed by atoms with E-state index in [1.54, 1.807) is 30.1 Å². The van der Waals surface area contributed by atoms with E-state index in [-0.39, 0.29) is 24.1 Å². The van der Waals surface area contributed by atoms with Gasteiger partial charge >= 0.3 is 5.97 Å². The molecule has 0 fully saturated rings. The van der Waals surface area contributed by atoms with E-state index in [2.05, 4.69) is 0 Å². The van der Waals surface area contributed by atoms with Gasteiger partial charge in [0.2, 0.25) is 0 Å². The largest absolute Gasteiger partial charge is 0.493 e. The van der Waals surface area contributed by atoms with Crippen LogP contribution < -0.4 is 9.47 Å². The number of carbonyl (C=O) groups is 2.